The van der Waals surface area contributed by atoms with Gasteiger partial charge >= 0.3 is 6.01 Å². The van der Waals surface area contributed by atoms with Crippen molar-refractivity contribution >= 4 is 58.4 Å². The largest absolute Gasteiger partial charge is 0.424 e. The van der Waals surface area contributed by atoms with E-state index in [4.69, 9.17) is 9.47 Å². The summed E-state index contributed by atoms with van der Waals surface area (Å²) in [5.74, 6) is -2.04. The fourth-order valence-corrected chi connectivity index (χ4v) is 8.20. The molecule has 326 valence electrons. The van der Waals surface area contributed by atoms with Crippen molar-refractivity contribution in [3.8, 4) is 11.8 Å². The number of fused-ring (bicyclic) bond motifs is 1. The third-order valence-electron chi connectivity index (χ3n) is 11.6. The Morgan fingerprint density at radius 3 is 2.19 bits per heavy atom. The zero-order chi connectivity index (χ0) is 43.9. The van der Waals surface area contributed by atoms with Gasteiger partial charge in [0.25, 0.3) is 17.7 Å². The number of para-hydroxylation sites is 1. The van der Waals surface area contributed by atoms with Crippen LogP contribution in [0.3, 0.4) is 0 Å². The van der Waals surface area contributed by atoms with Gasteiger partial charge in [0.05, 0.1) is 36.3 Å². The van der Waals surface area contributed by atoms with Crippen LogP contribution in [0.25, 0.3) is 0 Å². The minimum Gasteiger partial charge on any atom is -0.424 e. The van der Waals surface area contributed by atoms with Gasteiger partial charge in [0.1, 0.15) is 11.8 Å². The molecule has 3 saturated heterocycles. The molecule has 0 aliphatic carbocycles. The van der Waals surface area contributed by atoms with Gasteiger partial charge in [-0.2, -0.15) is 0 Å². The van der Waals surface area contributed by atoms with Gasteiger partial charge in [-0.25, -0.2) is 9.97 Å². The molecular formula is C45H47N9O9. The molecule has 0 bridgehead atoms. The predicted octanol–water partition coefficient (Wildman–Crippen LogP) is 3.33. The highest BCUT2D eigenvalue weighted by molar-refractivity contribution is 6.25. The van der Waals surface area contributed by atoms with Crippen LogP contribution in [0, 0.1) is 5.92 Å². The van der Waals surface area contributed by atoms with Crippen molar-refractivity contribution in [3.05, 3.63) is 102 Å². The Bertz CT molecular complexity index is 2360. The summed E-state index contributed by atoms with van der Waals surface area (Å²) in [5.41, 5.74) is 2.72. The van der Waals surface area contributed by atoms with E-state index in [2.05, 4.69) is 30.8 Å². The van der Waals surface area contributed by atoms with E-state index in [1.54, 1.807) is 29.2 Å². The van der Waals surface area contributed by atoms with Crippen LogP contribution in [-0.2, 0) is 23.9 Å². The number of ether oxygens (including phenoxy) is 2. The second kappa shape index (κ2) is 19.2. The van der Waals surface area contributed by atoms with Gasteiger partial charge in [-0.1, -0.05) is 24.3 Å². The van der Waals surface area contributed by atoms with Gasteiger partial charge in [0.2, 0.25) is 23.6 Å². The van der Waals surface area contributed by atoms with E-state index in [-0.39, 0.29) is 73.3 Å². The van der Waals surface area contributed by atoms with Gasteiger partial charge in [0.15, 0.2) is 0 Å². The lowest BCUT2D eigenvalue weighted by Crippen LogP contribution is -2.54. The number of anilines is 3. The number of piperidine rings is 2. The summed E-state index contributed by atoms with van der Waals surface area (Å²) in [6, 6.07) is 20.7. The Labute approximate surface area is 362 Å². The van der Waals surface area contributed by atoms with Crippen LogP contribution in [0.15, 0.2) is 85.2 Å². The standard InChI is InChI=1S/C45H47N9O9/c55-37-14-13-36(41(58)50-37)54-43(60)34-7-4-8-35(39(34)44(54)61)46-18-26-62-25-17-38(56)52-21-23-53(24-22-52)42(59)29-15-19-51(20-16-29)32-11-9-31(10-12-32)49-40(57)30-27-47-45(48-28-30)63-33-5-2-1-3-6-33/h1-12,27-29,36,46H,13-26H2,(H,49,57)(H,50,55,58). The molecule has 0 saturated carbocycles. The first-order valence-corrected chi connectivity index (χ1v) is 21.1. The van der Waals surface area contributed by atoms with Crippen LogP contribution in [0.2, 0.25) is 0 Å². The van der Waals surface area contributed by atoms with Crippen molar-refractivity contribution in [2.24, 2.45) is 5.92 Å². The fourth-order valence-electron chi connectivity index (χ4n) is 8.20. The van der Waals surface area contributed by atoms with Crippen LogP contribution < -0.4 is 25.6 Å². The summed E-state index contributed by atoms with van der Waals surface area (Å²) in [5, 5.41) is 8.20. The molecule has 3 N–H and O–H groups in total. The number of hydrogen-bond acceptors (Lipinski definition) is 13. The number of benzene rings is 3. The third-order valence-corrected chi connectivity index (χ3v) is 11.6. The average Bonchev–Trinajstić information content (AvgIpc) is 3.56. The molecule has 4 aromatic rings. The Morgan fingerprint density at radius 2 is 1.48 bits per heavy atom. The van der Waals surface area contributed by atoms with Crippen LogP contribution in [0.5, 0.6) is 11.8 Å². The van der Waals surface area contributed by atoms with Crippen molar-refractivity contribution in [2.75, 3.05) is 74.6 Å². The highest BCUT2D eigenvalue weighted by atomic mass is 16.5. The van der Waals surface area contributed by atoms with Gasteiger partial charge in [-0.15, -0.1) is 0 Å². The topological polar surface area (TPSA) is 213 Å². The summed E-state index contributed by atoms with van der Waals surface area (Å²) in [6.45, 7) is 4.04. The summed E-state index contributed by atoms with van der Waals surface area (Å²) in [7, 11) is 0. The lowest BCUT2D eigenvalue weighted by Gasteiger charge is -2.39. The summed E-state index contributed by atoms with van der Waals surface area (Å²) in [4.78, 5) is 105. The molecule has 1 atom stereocenters. The monoisotopic (exact) mass is 857 g/mol. The van der Waals surface area contributed by atoms with Crippen molar-refractivity contribution in [2.45, 2.75) is 38.1 Å². The number of amides is 7. The SMILES string of the molecule is O=C1CCC(N2C(=O)c3cccc(NCCOCCC(=O)N4CCN(C(=O)C5CCN(c6ccc(NC(=O)c7cnc(Oc8ccccc8)nc7)cc6)CC5)CC4)c3C2=O)C(=O)N1. The quantitative estimate of drug-likeness (QED) is 0.123. The zero-order valence-electron chi connectivity index (χ0n) is 34.5. The summed E-state index contributed by atoms with van der Waals surface area (Å²) in [6.07, 6.45) is 4.57. The number of nitrogens with zero attached hydrogens (tertiary/aromatic N) is 6. The Balaban J connectivity index is 0.707. The zero-order valence-corrected chi connectivity index (χ0v) is 34.5. The Hall–Kier alpha value is -7.21. The maximum atomic E-state index is 13.5. The van der Waals surface area contributed by atoms with Crippen LogP contribution in [0.4, 0.5) is 17.1 Å². The molecule has 3 aromatic carbocycles. The van der Waals surface area contributed by atoms with Gasteiger partial charge in [0, 0.05) is 87.6 Å². The molecule has 7 amide bonds. The first-order chi connectivity index (χ1) is 30.6. The fraction of sp³-hybridized carbons (Fsp3) is 0.356. The third kappa shape index (κ3) is 9.80. The second-order valence-corrected chi connectivity index (χ2v) is 15.6. The van der Waals surface area contributed by atoms with E-state index >= 15 is 0 Å². The molecule has 0 radical (unpaired) electrons. The number of imide groups is 2. The number of piperazine rings is 1. The maximum Gasteiger partial charge on any atom is 0.321 e. The number of rotatable bonds is 14. The molecule has 1 aromatic heterocycles. The van der Waals surface area contributed by atoms with E-state index in [9.17, 15) is 33.6 Å². The van der Waals surface area contributed by atoms with E-state index in [0.29, 0.717) is 68.3 Å². The first kappa shape index (κ1) is 42.5. The van der Waals surface area contributed by atoms with Crippen LogP contribution in [0.1, 0.15) is 63.2 Å². The molecule has 18 nitrogen and oxygen atoms in total. The van der Waals surface area contributed by atoms with Gasteiger partial charge in [-0.3, -0.25) is 43.8 Å². The van der Waals surface area contributed by atoms with Gasteiger partial charge in [-0.05, 0) is 67.8 Å². The molecule has 5 heterocycles. The predicted molar refractivity (Wildman–Crippen MR) is 228 cm³/mol. The average molecular weight is 858 g/mol. The molecule has 3 fully saturated rings. The van der Waals surface area contributed by atoms with Crippen molar-refractivity contribution < 1.29 is 43.0 Å². The molecule has 4 aliphatic heterocycles. The van der Waals surface area contributed by atoms with Crippen molar-refractivity contribution in [1.82, 2.24) is 30.0 Å². The van der Waals surface area contributed by atoms with Gasteiger partial charge < -0.3 is 34.8 Å². The highest BCUT2D eigenvalue weighted by Gasteiger charge is 2.45. The highest BCUT2D eigenvalue weighted by Crippen LogP contribution is 2.32. The molecular weight excluding hydrogens is 811 g/mol. The van der Waals surface area contributed by atoms with E-state index in [1.165, 1.54) is 18.5 Å². The number of nitrogens with one attached hydrogen (secondary N) is 3. The lowest BCUT2D eigenvalue weighted by molar-refractivity contribution is -0.143. The first-order valence-electron chi connectivity index (χ1n) is 21.1. The molecule has 1 unspecified atom stereocenters. The summed E-state index contributed by atoms with van der Waals surface area (Å²) >= 11 is 0. The number of carbonyl (C=O) groups is 7. The Morgan fingerprint density at radius 1 is 0.762 bits per heavy atom. The van der Waals surface area contributed by atoms with E-state index in [0.717, 1.165) is 23.7 Å². The van der Waals surface area contributed by atoms with E-state index < -0.39 is 29.7 Å². The lowest BCUT2D eigenvalue weighted by atomic mass is 9.94. The minimum atomic E-state index is -1.05. The van der Waals surface area contributed by atoms with Crippen molar-refractivity contribution in [3.63, 3.8) is 0 Å². The minimum absolute atomic E-state index is 0.0404. The normalized spacial score (nSPS) is 17.9. The molecule has 8 rings (SSSR count). The maximum absolute atomic E-state index is 13.5. The van der Waals surface area contributed by atoms with Crippen LogP contribution in [-0.4, -0.2) is 131 Å². The molecule has 0 spiro atoms. The van der Waals surface area contributed by atoms with Crippen LogP contribution >= 0.6 is 0 Å². The smallest absolute Gasteiger partial charge is 0.321 e. The second-order valence-electron chi connectivity index (χ2n) is 15.6. The summed E-state index contributed by atoms with van der Waals surface area (Å²) < 4.78 is 11.3. The van der Waals surface area contributed by atoms with Crippen molar-refractivity contribution in [1.29, 1.82) is 0 Å². The Kier molecular flexibility index (Phi) is 13.0. The number of carbonyl (C=O) groups excluding carboxylic acids is 7. The molecule has 4 aliphatic rings. The number of aromatic nitrogens is 2. The molecule has 63 heavy (non-hydrogen) atoms. The molecule has 18 heteroatoms. The van der Waals surface area contributed by atoms with E-state index in [1.807, 2.05) is 47.4 Å². The number of hydrogen-bond donors (Lipinski definition) is 3.